The highest BCUT2D eigenvalue weighted by atomic mass is 15.1. The summed E-state index contributed by atoms with van der Waals surface area (Å²) >= 11 is 0. The van der Waals surface area contributed by atoms with Crippen molar-refractivity contribution in [2.45, 2.75) is 0 Å². The number of rotatable bonds is 8. The fraction of sp³-hybridized carbons (Fsp3) is 0. The van der Waals surface area contributed by atoms with Gasteiger partial charge in [0.2, 0.25) is 0 Å². The Morgan fingerprint density at radius 1 is 0.228 bits per heavy atom. The molecule has 0 saturated carbocycles. The van der Waals surface area contributed by atoms with E-state index in [0.29, 0.717) is 0 Å². The van der Waals surface area contributed by atoms with Crippen LogP contribution in [0.2, 0.25) is 0 Å². The van der Waals surface area contributed by atoms with E-state index in [1.807, 2.05) is 0 Å². The molecule has 0 amide bonds. The van der Waals surface area contributed by atoms with Gasteiger partial charge in [0.1, 0.15) is 0 Å². The van der Waals surface area contributed by atoms with E-state index < -0.39 is 0 Å². The number of anilines is 3. The number of fused-ring (bicyclic) bond motifs is 3. The normalized spacial score (nSPS) is 11.2. The highest BCUT2D eigenvalue weighted by Gasteiger charge is 2.21. The van der Waals surface area contributed by atoms with E-state index in [2.05, 4.69) is 241 Å². The Morgan fingerprint density at radius 2 is 0.719 bits per heavy atom. The average molecular weight is 726 g/mol. The third kappa shape index (κ3) is 6.46. The molecule has 0 aliphatic rings. The lowest BCUT2D eigenvalue weighted by atomic mass is 9.88. The maximum absolute atomic E-state index is 2.42. The SMILES string of the molecule is c1ccc(-c2cccc(N(c3ccc(-c4cc5ccccc5c5ccccc45)cc3)c3ccccc3-c3ccccc3-c3ccccc3-c3ccccc3)c2)cc1. The first kappa shape index (κ1) is 34.0. The Hall–Kier alpha value is -7.48. The molecule has 0 saturated heterocycles. The van der Waals surface area contributed by atoms with Crippen molar-refractivity contribution in [1.29, 1.82) is 0 Å². The number of hydrogen-bond donors (Lipinski definition) is 0. The van der Waals surface area contributed by atoms with Crippen molar-refractivity contribution in [3.05, 3.63) is 237 Å². The van der Waals surface area contributed by atoms with Gasteiger partial charge in [-0.1, -0.05) is 200 Å². The van der Waals surface area contributed by atoms with E-state index in [9.17, 15) is 0 Å². The fourth-order valence-electron chi connectivity index (χ4n) is 8.40. The van der Waals surface area contributed by atoms with Crippen molar-refractivity contribution in [2.75, 3.05) is 4.90 Å². The Balaban J connectivity index is 1.15. The maximum atomic E-state index is 2.42. The van der Waals surface area contributed by atoms with Gasteiger partial charge in [-0.3, -0.25) is 0 Å². The predicted octanol–water partition coefficient (Wildman–Crippen LogP) is 15.8. The summed E-state index contributed by atoms with van der Waals surface area (Å²) in [5.41, 5.74) is 15.2. The Labute approximate surface area is 334 Å². The summed E-state index contributed by atoms with van der Waals surface area (Å²) in [5.74, 6) is 0. The zero-order chi connectivity index (χ0) is 38.0. The van der Waals surface area contributed by atoms with Gasteiger partial charge >= 0.3 is 0 Å². The van der Waals surface area contributed by atoms with Gasteiger partial charge in [0.25, 0.3) is 0 Å². The van der Waals surface area contributed by atoms with Crippen molar-refractivity contribution in [1.82, 2.24) is 0 Å². The second-order valence-corrected chi connectivity index (χ2v) is 14.5. The third-order valence-electron chi connectivity index (χ3n) is 11.1. The van der Waals surface area contributed by atoms with Crippen molar-refractivity contribution in [3.8, 4) is 55.6 Å². The molecule has 0 atom stereocenters. The van der Waals surface area contributed by atoms with Crippen molar-refractivity contribution in [3.63, 3.8) is 0 Å². The molecule has 0 aliphatic heterocycles. The molecule has 0 heterocycles. The molecule has 0 unspecified atom stereocenters. The quantitative estimate of drug-likeness (QED) is 0.141. The molecule has 0 N–H and O–H groups in total. The molecule has 0 aromatic heterocycles. The monoisotopic (exact) mass is 725 g/mol. The Bertz CT molecular complexity index is 3000. The minimum Gasteiger partial charge on any atom is -0.310 e. The van der Waals surface area contributed by atoms with Crippen LogP contribution in [0.5, 0.6) is 0 Å². The van der Waals surface area contributed by atoms with Gasteiger partial charge < -0.3 is 4.90 Å². The molecule has 10 aromatic carbocycles. The van der Waals surface area contributed by atoms with Crippen LogP contribution < -0.4 is 4.90 Å². The topological polar surface area (TPSA) is 3.24 Å². The summed E-state index contributed by atoms with van der Waals surface area (Å²) in [6, 6.07) is 85.6. The molecule has 0 aliphatic carbocycles. The molecule has 268 valence electrons. The summed E-state index contributed by atoms with van der Waals surface area (Å²) in [7, 11) is 0. The van der Waals surface area contributed by atoms with Crippen LogP contribution in [-0.2, 0) is 0 Å². The molecular formula is C56H39N. The number of para-hydroxylation sites is 1. The standard InChI is InChI=1S/C56H39N/c1-3-18-40(19-4-1)43-23-17-24-46(38-43)57(45-36-34-42(35-37-45)55-39-44-22-7-8-26-48(44)50-28-11-14-31-53(50)55)56-33-16-15-32-54(56)52-30-13-12-29-51(52)49-27-10-9-25-47(49)41-20-5-2-6-21-41/h1-39H. The minimum atomic E-state index is 1.09. The lowest BCUT2D eigenvalue weighted by Gasteiger charge is -2.29. The molecular weight excluding hydrogens is 687 g/mol. The van der Waals surface area contributed by atoms with Crippen LogP contribution in [-0.4, -0.2) is 0 Å². The van der Waals surface area contributed by atoms with Crippen molar-refractivity contribution in [2.24, 2.45) is 0 Å². The van der Waals surface area contributed by atoms with Crippen molar-refractivity contribution < 1.29 is 0 Å². The van der Waals surface area contributed by atoms with Crippen LogP contribution in [0, 0.1) is 0 Å². The van der Waals surface area contributed by atoms with Crippen LogP contribution in [0.1, 0.15) is 0 Å². The molecule has 10 aromatic rings. The van der Waals surface area contributed by atoms with E-state index in [0.717, 1.165) is 22.6 Å². The van der Waals surface area contributed by atoms with Crippen LogP contribution in [0.4, 0.5) is 17.1 Å². The summed E-state index contributed by atoms with van der Waals surface area (Å²) in [4.78, 5) is 2.42. The smallest absolute Gasteiger partial charge is 0.0540 e. The molecule has 1 heteroatoms. The van der Waals surface area contributed by atoms with Gasteiger partial charge in [-0.25, -0.2) is 0 Å². The van der Waals surface area contributed by atoms with Crippen LogP contribution in [0.3, 0.4) is 0 Å². The lowest BCUT2D eigenvalue weighted by Crippen LogP contribution is -2.11. The largest absolute Gasteiger partial charge is 0.310 e. The first-order valence-electron chi connectivity index (χ1n) is 19.6. The van der Waals surface area contributed by atoms with Crippen LogP contribution >= 0.6 is 0 Å². The summed E-state index contributed by atoms with van der Waals surface area (Å²) in [6.07, 6.45) is 0. The molecule has 1 nitrogen and oxygen atoms in total. The molecule has 0 bridgehead atoms. The second-order valence-electron chi connectivity index (χ2n) is 14.5. The van der Waals surface area contributed by atoms with E-state index >= 15 is 0 Å². The first-order valence-corrected chi connectivity index (χ1v) is 19.6. The van der Waals surface area contributed by atoms with Gasteiger partial charge in [-0.05, 0) is 108 Å². The number of hydrogen-bond acceptors (Lipinski definition) is 1. The third-order valence-corrected chi connectivity index (χ3v) is 11.1. The van der Waals surface area contributed by atoms with Crippen LogP contribution in [0.25, 0.3) is 77.2 Å². The summed E-state index contributed by atoms with van der Waals surface area (Å²) < 4.78 is 0. The zero-order valence-electron chi connectivity index (χ0n) is 31.5. The molecule has 0 radical (unpaired) electrons. The highest BCUT2D eigenvalue weighted by Crippen LogP contribution is 2.46. The number of benzene rings is 10. The highest BCUT2D eigenvalue weighted by molar-refractivity contribution is 6.13. The van der Waals surface area contributed by atoms with Gasteiger partial charge in [-0.15, -0.1) is 0 Å². The minimum absolute atomic E-state index is 1.09. The lowest BCUT2D eigenvalue weighted by molar-refractivity contribution is 1.28. The summed E-state index contributed by atoms with van der Waals surface area (Å²) in [6.45, 7) is 0. The number of nitrogens with zero attached hydrogens (tertiary/aromatic N) is 1. The average Bonchev–Trinajstić information content (AvgIpc) is 3.30. The first-order chi connectivity index (χ1) is 28.3. The molecule has 10 rings (SSSR count). The molecule has 0 spiro atoms. The van der Waals surface area contributed by atoms with E-state index in [-0.39, 0.29) is 0 Å². The Morgan fingerprint density at radius 3 is 1.44 bits per heavy atom. The van der Waals surface area contributed by atoms with E-state index in [4.69, 9.17) is 0 Å². The Kier molecular flexibility index (Phi) is 8.95. The predicted molar refractivity (Wildman–Crippen MR) is 243 cm³/mol. The van der Waals surface area contributed by atoms with Crippen LogP contribution in [0.15, 0.2) is 237 Å². The van der Waals surface area contributed by atoms with E-state index in [1.54, 1.807) is 0 Å². The van der Waals surface area contributed by atoms with Gasteiger partial charge in [-0.2, -0.15) is 0 Å². The van der Waals surface area contributed by atoms with E-state index in [1.165, 1.54) is 71.6 Å². The second kappa shape index (κ2) is 15.0. The molecule has 57 heavy (non-hydrogen) atoms. The van der Waals surface area contributed by atoms with Crippen molar-refractivity contribution >= 4 is 38.6 Å². The zero-order valence-corrected chi connectivity index (χ0v) is 31.5. The molecule has 0 fully saturated rings. The maximum Gasteiger partial charge on any atom is 0.0540 e. The van der Waals surface area contributed by atoms with Gasteiger partial charge in [0, 0.05) is 16.9 Å². The van der Waals surface area contributed by atoms with Gasteiger partial charge in [0.05, 0.1) is 5.69 Å². The van der Waals surface area contributed by atoms with Gasteiger partial charge in [0.15, 0.2) is 0 Å². The summed E-state index contributed by atoms with van der Waals surface area (Å²) in [5, 5.41) is 5.06. The fourth-order valence-corrected chi connectivity index (χ4v) is 8.40.